The number of anilines is 1. The van der Waals surface area contributed by atoms with Gasteiger partial charge in [0.15, 0.2) is 5.82 Å². The molecule has 0 amide bonds. The number of hydrogen-bond acceptors (Lipinski definition) is 5. The molecule has 6 nitrogen and oxygen atoms in total. The molecule has 2 heterocycles. The van der Waals surface area contributed by atoms with Crippen molar-refractivity contribution >= 4 is 5.82 Å². The normalized spacial score (nSPS) is 10.4. The molecular weight excluding hydrogens is 264 g/mol. The van der Waals surface area contributed by atoms with E-state index in [0.717, 1.165) is 36.3 Å². The third-order valence-electron chi connectivity index (χ3n) is 3.52. The Labute approximate surface area is 124 Å². The molecule has 2 aromatic rings. The van der Waals surface area contributed by atoms with Crippen LogP contribution in [-0.4, -0.2) is 26.3 Å². The summed E-state index contributed by atoms with van der Waals surface area (Å²) in [5.74, 6) is 1.57. The third-order valence-corrected chi connectivity index (χ3v) is 3.52. The first-order chi connectivity index (χ1) is 10.2. The molecule has 0 bridgehead atoms. The molecule has 2 rings (SSSR count). The largest absolute Gasteiger partial charge is 0.367 e. The number of nitrogens with one attached hydrogen (secondary N) is 1. The van der Waals surface area contributed by atoms with Crippen LogP contribution in [0.1, 0.15) is 36.5 Å². The van der Waals surface area contributed by atoms with E-state index in [1.165, 1.54) is 0 Å². The molecular formula is C15H20N6. The van der Waals surface area contributed by atoms with Gasteiger partial charge in [0, 0.05) is 32.4 Å². The van der Waals surface area contributed by atoms with Crippen molar-refractivity contribution in [2.24, 2.45) is 7.05 Å². The van der Waals surface area contributed by atoms with Crippen LogP contribution in [0.15, 0.2) is 12.4 Å². The number of imidazole rings is 1. The zero-order valence-electron chi connectivity index (χ0n) is 12.7. The van der Waals surface area contributed by atoms with E-state index in [9.17, 15) is 5.26 Å². The fourth-order valence-corrected chi connectivity index (χ4v) is 2.35. The van der Waals surface area contributed by atoms with E-state index in [4.69, 9.17) is 0 Å². The predicted molar refractivity (Wildman–Crippen MR) is 80.9 cm³/mol. The fourth-order valence-electron chi connectivity index (χ4n) is 2.35. The van der Waals surface area contributed by atoms with Crippen molar-refractivity contribution in [1.29, 1.82) is 5.26 Å². The number of nitriles is 1. The van der Waals surface area contributed by atoms with E-state index in [2.05, 4.69) is 26.6 Å². The number of hydrogen-bond donors (Lipinski definition) is 1. The van der Waals surface area contributed by atoms with Crippen LogP contribution in [0.3, 0.4) is 0 Å². The van der Waals surface area contributed by atoms with Crippen LogP contribution in [0.2, 0.25) is 0 Å². The number of rotatable bonds is 6. The maximum absolute atomic E-state index is 9.40. The first-order valence-electron chi connectivity index (χ1n) is 7.19. The molecule has 2 aromatic heterocycles. The Morgan fingerprint density at radius 3 is 2.67 bits per heavy atom. The first-order valence-corrected chi connectivity index (χ1v) is 7.19. The Hall–Kier alpha value is -2.42. The molecule has 0 saturated heterocycles. The summed E-state index contributed by atoms with van der Waals surface area (Å²) in [4.78, 5) is 4.27. The second kappa shape index (κ2) is 6.84. The summed E-state index contributed by atoms with van der Waals surface area (Å²) in [6.45, 7) is 4.73. The highest BCUT2D eigenvalue weighted by atomic mass is 15.2. The predicted octanol–water partition coefficient (Wildman–Crippen LogP) is 1.86. The Bertz CT molecular complexity index is 653. The number of nitrogens with zero attached hydrogens (tertiary/aromatic N) is 5. The lowest BCUT2D eigenvalue weighted by Gasteiger charge is -2.11. The zero-order valence-corrected chi connectivity index (χ0v) is 12.7. The minimum absolute atomic E-state index is 0.570. The second-order valence-electron chi connectivity index (χ2n) is 4.80. The van der Waals surface area contributed by atoms with Crippen molar-refractivity contribution in [3.63, 3.8) is 0 Å². The van der Waals surface area contributed by atoms with Crippen LogP contribution >= 0.6 is 0 Å². The molecule has 0 aliphatic rings. The first kappa shape index (κ1) is 15.0. The minimum Gasteiger partial charge on any atom is -0.367 e. The molecule has 110 valence electrons. The summed E-state index contributed by atoms with van der Waals surface area (Å²) in [6, 6.07) is 2.26. The molecule has 21 heavy (non-hydrogen) atoms. The van der Waals surface area contributed by atoms with Crippen molar-refractivity contribution in [3.8, 4) is 6.07 Å². The van der Waals surface area contributed by atoms with Crippen LogP contribution in [-0.2, 0) is 26.3 Å². The van der Waals surface area contributed by atoms with Crippen LogP contribution in [0.4, 0.5) is 5.82 Å². The van der Waals surface area contributed by atoms with E-state index in [-0.39, 0.29) is 0 Å². The molecule has 0 fully saturated rings. The summed E-state index contributed by atoms with van der Waals surface area (Å²) in [6.07, 6.45) is 6.04. The monoisotopic (exact) mass is 284 g/mol. The molecule has 6 heteroatoms. The van der Waals surface area contributed by atoms with Gasteiger partial charge >= 0.3 is 0 Å². The quantitative estimate of drug-likeness (QED) is 0.876. The lowest BCUT2D eigenvalue weighted by molar-refractivity contribution is 0.785. The van der Waals surface area contributed by atoms with Gasteiger partial charge in [0.25, 0.3) is 0 Å². The summed E-state index contributed by atoms with van der Waals surface area (Å²) in [5.41, 5.74) is 2.52. The van der Waals surface area contributed by atoms with Gasteiger partial charge < -0.3 is 9.88 Å². The standard InChI is InChI=1S/C15H20N6/c1-4-11-12(10-16)15(20-19-13(11)5-2)18-7-6-14-17-8-9-21(14)3/h8-9H,4-7H2,1-3H3,(H,18,20). The van der Waals surface area contributed by atoms with Gasteiger partial charge in [-0.2, -0.15) is 10.4 Å². The van der Waals surface area contributed by atoms with Crippen LogP contribution in [0.5, 0.6) is 0 Å². The molecule has 1 N–H and O–H groups in total. The highest BCUT2D eigenvalue weighted by Crippen LogP contribution is 2.19. The molecule has 0 atom stereocenters. The zero-order chi connectivity index (χ0) is 15.2. The second-order valence-corrected chi connectivity index (χ2v) is 4.80. The Balaban J connectivity index is 2.13. The summed E-state index contributed by atoms with van der Waals surface area (Å²) in [5, 5.41) is 21.0. The van der Waals surface area contributed by atoms with E-state index >= 15 is 0 Å². The molecule has 0 spiro atoms. The molecule has 0 aromatic carbocycles. The highest BCUT2D eigenvalue weighted by Gasteiger charge is 2.14. The van der Waals surface area contributed by atoms with Gasteiger partial charge in [0.2, 0.25) is 0 Å². The SMILES string of the molecule is CCc1nnc(NCCc2nccn2C)c(C#N)c1CC. The maximum atomic E-state index is 9.40. The fraction of sp³-hybridized carbons (Fsp3) is 0.467. The van der Waals surface area contributed by atoms with Gasteiger partial charge in [0.05, 0.1) is 5.69 Å². The number of aryl methyl sites for hydroxylation is 2. The van der Waals surface area contributed by atoms with Gasteiger partial charge in [0.1, 0.15) is 17.5 Å². The third kappa shape index (κ3) is 3.19. The van der Waals surface area contributed by atoms with E-state index in [1.54, 1.807) is 6.20 Å². The van der Waals surface area contributed by atoms with Gasteiger partial charge in [-0.1, -0.05) is 13.8 Å². The van der Waals surface area contributed by atoms with Crippen molar-refractivity contribution in [2.75, 3.05) is 11.9 Å². The summed E-state index contributed by atoms with van der Waals surface area (Å²) in [7, 11) is 1.97. The average molecular weight is 284 g/mol. The Kier molecular flexibility index (Phi) is 4.88. The average Bonchev–Trinajstić information content (AvgIpc) is 2.91. The topological polar surface area (TPSA) is 79.4 Å². The molecule has 0 unspecified atom stereocenters. The van der Waals surface area contributed by atoms with Gasteiger partial charge in [-0.05, 0) is 18.4 Å². The summed E-state index contributed by atoms with van der Waals surface area (Å²) >= 11 is 0. The lowest BCUT2D eigenvalue weighted by atomic mass is 10.0. The van der Waals surface area contributed by atoms with Crippen LogP contribution in [0.25, 0.3) is 0 Å². The van der Waals surface area contributed by atoms with E-state index in [0.29, 0.717) is 17.9 Å². The van der Waals surface area contributed by atoms with Crippen LogP contribution < -0.4 is 5.32 Å². The number of aromatic nitrogens is 4. The maximum Gasteiger partial charge on any atom is 0.166 e. The minimum atomic E-state index is 0.570. The van der Waals surface area contributed by atoms with Crippen molar-refractivity contribution in [1.82, 2.24) is 19.7 Å². The highest BCUT2D eigenvalue weighted by molar-refractivity contribution is 5.56. The molecule has 0 radical (unpaired) electrons. The van der Waals surface area contributed by atoms with E-state index < -0.39 is 0 Å². The molecule has 0 saturated carbocycles. The smallest absolute Gasteiger partial charge is 0.166 e. The van der Waals surface area contributed by atoms with Gasteiger partial charge in [-0.3, -0.25) is 0 Å². The van der Waals surface area contributed by atoms with Crippen molar-refractivity contribution in [3.05, 3.63) is 35.0 Å². The van der Waals surface area contributed by atoms with Crippen molar-refractivity contribution in [2.45, 2.75) is 33.1 Å². The Morgan fingerprint density at radius 2 is 2.10 bits per heavy atom. The lowest BCUT2D eigenvalue weighted by Crippen LogP contribution is -2.13. The van der Waals surface area contributed by atoms with Crippen molar-refractivity contribution < 1.29 is 0 Å². The Morgan fingerprint density at radius 1 is 1.29 bits per heavy atom. The molecule has 0 aliphatic carbocycles. The summed E-state index contributed by atoms with van der Waals surface area (Å²) < 4.78 is 1.98. The van der Waals surface area contributed by atoms with Crippen LogP contribution in [0, 0.1) is 11.3 Å². The molecule has 0 aliphatic heterocycles. The van der Waals surface area contributed by atoms with E-state index in [1.807, 2.05) is 31.7 Å². The van der Waals surface area contributed by atoms with Gasteiger partial charge in [-0.25, -0.2) is 4.98 Å². The van der Waals surface area contributed by atoms with Gasteiger partial charge in [-0.15, -0.1) is 5.10 Å².